The van der Waals surface area contributed by atoms with Crippen LogP contribution in [0.1, 0.15) is 66.2 Å². The molecule has 1 nitrogen and oxygen atoms in total. The Morgan fingerprint density at radius 3 is 2.72 bits per heavy atom. The van der Waals surface area contributed by atoms with Crippen LogP contribution < -0.4 is 0 Å². The average molecular weight is 337 g/mol. The Morgan fingerprint density at radius 1 is 1.16 bits per heavy atom. The topological polar surface area (TPSA) is 17.1 Å². The van der Waals surface area contributed by atoms with E-state index in [1.54, 1.807) is 0 Å². The Labute approximate surface area is 153 Å². The minimum Gasteiger partial charge on any atom is -0.290 e. The first-order valence-corrected chi connectivity index (χ1v) is 10.3. The van der Waals surface area contributed by atoms with E-state index in [0.29, 0.717) is 11.3 Å². The maximum atomic E-state index is 11.9. The lowest BCUT2D eigenvalue weighted by molar-refractivity contribution is -0.111. The van der Waals surface area contributed by atoms with Crippen molar-refractivity contribution in [3.05, 3.63) is 23.8 Å². The van der Waals surface area contributed by atoms with Gasteiger partial charge in [-0.2, -0.15) is 0 Å². The fourth-order valence-electron chi connectivity index (χ4n) is 7.39. The van der Waals surface area contributed by atoms with Crippen molar-refractivity contribution >= 4 is 5.78 Å². The van der Waals surface area contributed by atoms with Gasteiger partial charge in [-0.15, -0.1) is 11.8 Å². The highest BCUT2D eigenvalue weighted by atomic mass is 16.1. The number of carbonyl (C=O) groups is 1. The van der Waals surface area contributed by atoms with E-state index in [1.807, 2.05) is 19.1 Å². The Morgan fingerprint density at radius 2 is 1.96 bits per heavy atom. The molecule has 0 heterocycles. The number of ketones is 1. The molecule has 0 radical (unpaired) electrons. The smallest absolute Gasteiger partial charge is 0.178 e. The molecule has 0 aromatic rings. The van der Waals surface area contributed by atoms with Gasteiger partial charge in [0.15, 0.2) is 5.78 Å². The first kappa shape index (κ1) is 17.1. The summed E-state index contributed by atoms with van der Waals surface area (Å²) in [5, 5.41) is 0. The molecule has 0 aromatic heterocycles. The molecule has 0 saturated heterocycles. The molecule has 25 heavy (non-hydrogen) atoms. The third-order valence-corrected chi connectivity index (χ3v) is 8.61. The summed E-state index contributed by atoms with van der Waals surface area (Å²) < 4.78 is 0. The van der Waals surface area contributed by atoms with Crippen LogP contribution >= 0.6 is 0 Å². The SMILES string of the molecule is CC#CC(C)[C@H]1CCC2C3CCC4=CC(=O)C=C[C@]4(C)C3CC[C@@]21C. The highest BCUT2D eigenvalue weighted by molar-refractivity contribution is 6.01. The predicted octanol–water partition coefficient (Wildman–Crippen LogP) is 5.57. The van der Waals surface area contributed by atoms with Gasteiger partial charge >= 0.3 is 0 Å². The van der Waals surface area contributed by atoms with Crippen LogP contribution in [0, 0.1) is 52.3 Å². The third-order valence-electron chi connectivity index (χ3n) is 8.61. The molecule has 0 N–H and O–H groups in total. The molecule has 4 aliphatic carbocycles. The van der Waals surface area contributed by atoms with Crippen LogP contribution in [-0.4, -0.2) is 5.78 Å². The second kappa shape index (κ2) is 5.87. The maximum Gasteiger partial charge on any atom is 0.178 e. The highest BCUT2D eigenvalue weighted by Gasteiger charge is 2.58. The Bertz CT molecular complexity index is 701. The van der Waals surface area contributed by atoms with Crippen LogP contribution in [-0.2, 0) is 4.79 Å². The van der Waals surface area contributed by atoms with Crippen LogP contribution in [0.25, 0.3) is 0 Å². The molecule has 1 heteroatoms. The fourth-order valence-corrected chi connectivity index (χ4v) is 7.39. The van der Waals surface area contributed by atoms with Gasteiger partial charge in [0, 0.05) is 11.3 Å². The number of carbonyl (C=O) groups excluding carboxylic acids is 1. The van der Waals surface area contributed by atoms with Crippen molar-refractivity contribution in [2.24, 2.45) is 40.4 Å². The Balaban J connectivity index is 1.64. The first-order valence-electron chi connectivity index (χ1n) is 10.3. The van der Waals surface area contributed by atoms with E-state index in [9.17, 15) is 4.79 Å². The monoisotopic (exact) mass is 336 g/mol. The van der Waals surface area contributed by atoms with Gasteiger partial charge in [0.1, 0.15) is 0 Å². The van der Waals surface area contributed by atoms with Gasteiger partial charge in [-0.1, -0.05) is 32.4 Å². The molecule has 3 saturated carbocycles. The fraction of sp³-hybridized carbons (Fsp3) is 0.708. The van der Waals surface area contributed by atoms with Crippen LogP contribution in [0.4, 0.5) is 0 Å². The van der Waals surface area contributed by atoms with E-state index in [4.69, 9.17) is 0 Å². The Kier molecular flexibility index (Phi) is 4.02. The van der Waals surface area contributed by atoms with Gasteiger partial charge in [0.2, 0.25) is 0 Å². The van der Waals surface area contributed by atoms with E-state index in [1.165, 1.54) is 37.7 Å². The van der Waals surface area contributed by atoms with Crippen LogP contribution in [0.15, 0.2) is 23.8 Å². The maximum absolute atomic E-state index is 11.9. The molecule has 134 valence electrons. The summed E-state index contributed by atoms with van der Waals surface area (Å²) in [5.41, 5.74) is 2.01. The summed E-state index contributed by atoms with van der Waals surface area (Å²) in [5.74, 6) is 10.5. The number of allylic oxidation sites excluding steroid dienone is 4. The van der Waals surface area contributed by atoms with E-state index >= 15 is 0 Å². The highest BCUT2D eigenvalue weighted by Crippen LogP contribution is 2.66. The van der Waals surface area contributed by atoms with Crippen molar-refractivity contribution in [1.82, 2.24) is 0 Å². The van der Waals surface area contributed by atoms with E-state index in [-0.39, 0.29) is 11.2 Å². The van der Waals surface area contributed by atoms with Crippen molar-refractivity contribution < 1.29 is 4.79 Å². The summed E-state index contributed by atoms with van der Waals surface area (Å²) >= 11 is 0. The summed E-state index contributed by atoms with van der Waals surface area (Å²) in [6.07, 6.45) is 13.8. The number of rotatable bonds is 1. The molecule has 0 aromatic carbocycles. The molecular weight excluding hydrogens is 304 g/mol. The second-order valence-electron chi connectivity index (χ2n) is 9.51. The minimum atomic E-state index is 0.130. The number of hydrogen-bond donors (Lipinski definition) is 0. The van der Waals surface area contributed by atoms with Gasteiger partial charge in [-0.25, -0.2) is 0 Å². The third kappa shape index (κ3) is 2.40. The number of hydrogen-bond acceptors (Lipinski definition) is 1. The quantitative estimate of drug-likeness (QED) is 0.572. The molecule has 0 bridgehead atoms. The van der Waals surface area contributed by atoms with Gasteiger partial charge in [-0.05, 0) is 86.7 Å². The predicted molar refractivity (Wildman–Crippen MR) is 103 cm³/mol. The summed E-state index contributed by atoms with van der Waals surface area (Å²) in [7, 11) is 0. The van der Waals surface area contributed by atoms with Crippen LogP contribution in [0.5, 0.6) is 0 Å². The largest absolute Gasteiger partial charge is 0.290 e. The molecule has 4 unspecified atom stereocenters. The normalized spacial score (nSPS) is 46.2. The molecule has 4 aliphatic rings. The zero-order valence-electron chi connectivity index (χ0n) is 16.3. The Hall–Kier alpha value is -1.29. The van der Waals surface area contributed by atoms with Crippen molar-refractivity contribution in [3.63, 3.8) is 0 Å². The first-order chi connectivity index (χ1) is 11.9. The minimum absolute atomic E-state index is 0.130. The molecular formula is C24H32O. The van der Waals surface area contributed by atoms with Crippen molar-refractivity contribution in [1.29, 1.82) is 0 Å². The zero-order valence-corrected chi connectivity index (χ0v) is 16.3. The standard InChI is InChI=1S/C24H32O/c1-5-6-16(2)20-9-10-21-19-8-7-17-15-18(25)11-13-23(17,3)22(19)12-14-24(20,21)4/h11,13,15-16,19-22H,7-10,12,14H2,1-4H3/t16?,19?,20-,21?,22?,23+,24-/m1/s1. The number of fused-ring (bicyclic) bond motifs is 5. The molecule has 4 rings (SSSR count). The summed E-state index contributed by atoms with van der Waals surface area (Å²) in [4.78, 5) is 11.9. The lowest BCUT2D eigenvalue weighted by atomic mass is 9.47. The van der Waals surface area contributed by atoms with Crippen molar-refractivity contribution in [2.75, 3.05) is 0 Å². The van der Waals surface area contributed by atoms with Crippen molar-refractivity contribution in [2.45, 2.75) is 66.2 Å². The summed E-state index contributed by atoms with van der Waals surface area (Å²) in [6, 6.07) is 0. The van der Waals surface area contributed by atoms with Gasteiger partial charge in [0.05, 0.1) is 0 Å². The van der Waals surface area contributed by atoms with Crippen molar-refractivity contribution in [3.8, 4) is 11.8 Å². The van der Waals surface area contributed by atoms with Gasteiger partial charge in [0.25, 0.3) is 0 Å². The zero-order chi connectivity index (χ0) is 17.8. The van der Waals surface area contributed by atoms with Crippen LogP contribution in [0.3, 0.4) is 0 Å². The van der Waals surface area contributed by atoms with Gasteiger partial charge < -0.3 is 0 Å². The lowest BCUT2D eigenvalue weighted by Crippen LogP contribution is -2.50. The molecule has 3 fully saturated rings. The molecule has 0 amide bonds. The lowest BCUT2D eigenvalue weighted by Gasteiger charge is -2.57. The molecule has 0 aliphatic heterocycles. The van der Waals surface area contributed by atoms with E-state index in [0.717, 1.165) is 30.1 Å². The van der Waals surface area contributed by atoms with E-state index < -0.39 is 0 Å². The van der Waals surface area contributed by atoms with E-state index in [2.05, 4.69) is 38.7 Å². The average Bonchev–Trinajstić information content (AvgIpc) is 2.93. The summed E-state index contributed by atoms with van der Waals surface area (Å²) in [6.45, 7) is 9.31. The van der Waals surface area contributed by atoms with Crippen LogP contribution in [0.2, 0.25) is 0 Å². The van der Waals surface area contributed by atoms with Gasteiger partial charge in [-0.3, -0.25) is 4.79 Å². The molecule has 0 spiro atoms. The molecule has 7 atom stereocenters. The second-order valence-corrected chi connectivity index (χ2v) is 9.51.